The number of anilines is 1. The van der Waals surface area contributed by atoms with Gasteiger partial charge in [-0.3, -0.25) is 0 Å². The molecule has 2 N–H and O–H groups in total. The van der Waals surface area contributed by atoms with E-state index in [1.807, 2.05) is 17.5 Å². The summed E-state index contributed by atoms with van der Waals surface area (Å²) in [6.45, 7) is 0.327. The van der Waals surface area contributed by atoms with E-state index >= 15 is 0 Å². The van der Waals surface area contributed by atoms with E-state index in [0.717, 1.165) is 4.88 Å². The number of methoxy groups -OCH3 is 1. The second-order valence-corrected chi connectivity index (χ2v) is 4.77. The largest absolute Gasteiger partial charge is 0.497 e. The Labute approximate surface area is 109 Å². The van der Waals surface area contributed by atoms with Crippen molar-refractivity contribution >= 4 is 17.0 Å². The van der Waals surface area contributed by atoms with Gasteiger partial charge in [-0.1, -0.05) is 6.07 Å². The number of thiophene rings is 1. The van der Waals surface area contributed by atoms with Gasteiger partial charge in [-0.05, 0) is 17.5 Å². The summed E-state index contributed by atoms with van der Waals surface area (Å²) in [5, 5.41) is 14.8. The molecule has 0 spiro atoms. The van der Waals surface area contributed by atoms with Gasteiger partial charge in [-0.25, -0.2) is 4.39 Å². The van der Waals surface area contributed by atoms with Crippen molar-refractivity contribution in [1.29, 1.82) is 0 Å². The van der Waals surface area contributed by atoms with Gasteiger partial charge in [0, 0.05) is 29.2 Å². The van der Waals surface area contributed by atoms with Gasteiger partial charge in [0.2, 0.25) is 0 Å². The Morgan fingerprint density at radius 2 is 2.28 bits per heavy atom. The van der Waals surface area contributed by atoms with E-state index in [2.05, 4.69) is 5.32 Å². The van der Waals surface area contributed by atoms with Crippen LogP contribution < -0.4 is 10.1 Å². The van der Waals surface area contributed by atoms with E-state index in [9.17, 15) is 9.50 Å². The van der Waals surface area contributed by atoms with Gasteiger partial charge in [0.1, 0.15) is 17.7 Å². The molecule has 1 aromatic carbocycles. The maximum atomic E-state index is 13.2. The van der Waals surface area contributed by atoms with Crippen molar-refractivity contribution in [3.63, 3.8) is 0 Å². The molecular weight excluding hydrogens is 253 g/mol. The van der Waals surface area contributed by atoms with Crippen LogP contribution in [0.2, 0.25) is 0 Å². The normalized spacial score (nSPS) is 12.2. The van der Waals surface area contributed by atoms with E-state index in [0.29, 0.717) is 18.0 Å². The SMILES string of the molecule is COc1cc(F)cc(NCC(O)c2cccs2)c1. The molecule has 0 aliphatic rings. The topological polar surface area (TPSA) is 41.5 Å². The van der Waals surface area contributed by atoms with Crippen molar-refractivity contribution in [1.82, 2.24) is 0 Å². The van der Waals surface area contributed by atoms with Crippen LogP contribution in [0.15, 0.2) is 35.7 Å². The van der Waals surface area contributed by atoms with Gasteiger partial charge in [0.05, 0.1) is 7.11 Å². The molecular formula is C13H14FNO2S. The molecule has 0 fully saturated rings. The Morgan fingerprint density at radius 3 is 2.94 bits per heavy atom. The summed E-state index contributed by atoms with van der Waals surface area (Å²) in [7, 11) is 1.49. The Bertz CT molecular complexity index is 502. The summed E-state index contributed by atoms with van der Waals surface area (Å²) in [5.41, 5.74) is 0.586. The number of halogens is 1. The number of aliphatic hydroxyl groups excluding tert-OH is 1. The first-order valence-electron chi connectivity index (χ1n) is 5.49. The standard InChI is InChI=1S/C13H14FNO2S/c1-17-11-6-9(14)5-10(7-11)15-8-12(16)13-3-2-4-18-13/h2-7,12,15-16H,8H2,1H3. The fraction of sp³-hybridized carbons (Fsp3) is 0.231. The first kappa shape index (κ1) is 12.9. The van der Waals surface area contributed by atoms with Crippen LogP contribution in [0.1, 0.15) is 11.0 Å². The summed E-state index contributed by atoms with van der Waals surface area (Å²) in [5.74, 6) is 0.0746. The van der Waals surface area contributed by atoms with E-state index < -0.39 is 6.10 Å². The molecule has 2 aromatic rings. The maximum Gasteiger partial charge on any atom is 0.128 e. The fourth-order valence-electron chi connectivity index (χ4n) is 1.58. The zero-order chi connectivity index (χ0) is 13.0. The highest BCUT2D eigenvalue weighted by Crippen LogP contribution is 2.22. The number of nitrogens with one attached hydrogen (secondary N) is 1. The number of hydrogen-bond acceptors (Lipinski definition) is 4. The Balaban J connectivity index is 1.99. The second-order valence-electron chi connectivity index (χ2n) is 3.79. The molecule has 0 aliphatic carbocycles. The number of ether oxygens (including phenoxy) is 1. The van der Waals surface area contributed by atoms with Crippen molar-refractivity contribution < 1.29 is 14.2 Å². The van der Waals surface area contributed by atoms with Crippen LogP contribution >= 0.6 is 11.3 Å². The second kappa shape index (κ2) is 5.84. The van der Waals surface area contributed by atoms with Gasteiger partial charge in [0.25, 0.3) is 0 Å². The molecule has 3 nitrogen and oxygen atoms in total. The quantitative estimate of drug-likeness (QED) is 0.875. The predicted octanol–water partition coefficient (Wildman–Crippen LogP) is 3.04. The van der Waals surface area contributed by atoms with Gasteiger partial charge in [0.15, 0.2) is 0 Å². The third kappa shape index (κ3) is 3.21. The van der Waals surface area contributed by atoms with E-state index in [1.54, 1.807) is 6.07 Å². The number of hydrogen-bond donors (Lipinski definition) is 2. The summed E-state index contributed by atoms with van der Waals surface area (Å²) in [4.78, 5) is 0.880. The van der Waals surface area contributed by atoms with Gasteiger partial charge in [-0.2, -0.15) is 0 Å². The molecule has 0 saturated heterocycles. The van der Waals surface area contributed by atoms with E-state index in [4.69, 9.17) is 4.74 Å². The highest BCUT2D eigenvalue weighted by molar-refractivity contribution is 7.10. The van der Waals surface area contributed by atoms with Crippen molar-refractivity contribution in [2.45, 2.75) is 6.10 Å². The summed E-state index contributed by atoms with van der Waals surface area (Å²) in [6.07, 6.45) is -0.598. The highest BCUT2D eigenvalue weighted by Gasteiger charge is 2.08. The minimum atomic E-state index is -0.598. The number of rotatable bonds is 5. The minimum Gasteiger partial charge on any atom is -0.497 e. The van der Waals surface area contributed by atoms with E-state index in [1.165, 1.54) is 30.6 Å². The summed E-state index contributed by atoms with van der Waals surface area (Å²) in [6, 6.07) is 8.10. The summed E-state index contributed by atoms with van der Waals surface area (Å²) >= 11 is 1.49. The molecule has 0 amide bonds. The average molecular weight is 267 g/mol. The Hall–Kier alpha value is -1.59. The maximum absolute atomic E-state index is 13.2. The van der Waals surface area contributed by atoms with Crippen LogP contribution in [0.25, 0.3) is 0 Å². The van der Waals surface area contributed by atoms with Gasteiger partial charge in [-0.15, -0.1) is 11.3 Å². The fourth-order valence-corrected chi connectivity index (χ4v) is 2.29. The van der Waals surface area contributed by atoms with Crippen molar-refractivity contribution in [3.8, 4) is 5.75 Å². The predicted molar refractivity (Wildman–Crippen MR) is 70.7 cm³/mol. The number of benzene rings is 1. The monoisotopic (exact) mass is 267 g/mol. The highest BCUT2D eigenvalue weighted by atomic mass is 32.1. The third-order valence-electron chi connectivity index (χ3n) is 2.48. The van der Waals surface area contributed by atoms with Gasteiger partial charge >= 0.3 is 0 Å². The lowest BCUT2D eigenvalue weighted by Gasteiger charge is -2.12. The molecule has 0 bridgehead atoms. The summed E-state index contributed by atoms with van der Waals surface area (Å²) < 4.78 is 18.2. The molecule has 5 heteroatoms. The zero-order valence-electron chi connectivity index (χ0n) is 9.89. The molecule has 96 valence electrons. The lowest BCUT2D eigenvalue weighted by Crippen LogP contribution is -2.11. The van der Waals surface area contributed by atoms with Gasteiger partial charge < -0.3 is 15.2 Å². The van der Waals surface area contributed by atoms with Crippen molar-refractivity contribution in [3.05, 3.63) is 46.4 Å². The smallest absolute Gasteiger partial charge is 0.128 e. The molecule has 2 rings (SSSR count). The number of aliphatic hydroxyl groups is 1. The first-order valence-corrected chi connectivity index (χ1v) is 6.37. The minimum absolute atomic E-state index is 0.327. The molecule has 1 heterocycles. The molecule has 1 unspecified atom stereocenters. The first-order chi connectivity index (χ1) is 8.69. The van der Waals surface area contributed by atoms with E-state index in [-0.39, 0.29) is 5.82 Å². The van der Waals surface area contributed by atoms with Crippen LogP contribution in [-0.4, -0.2) is 18.8 Å². The van der Waals surface area contributed by atoms with Crippen molar-refractivity contribution in [2.24, 2.45) is 0 Å². The third-order valence-corrected chi connectivity index (χ3v) is 3.45. The Kier molecular flexibility index (Phi) is 4.17. The molecule has 0 aliphatic heterocycles. The Morgan fingerprint density at radius 1 is 1.44 bits per heavy atom. The molecule has 18 heavy (non-hydrogen) atoms. The van der Waals surface area contributed by atoms with Crippen molar-refractivity contribution in [2.75, 3.05) is 19.0 Å². The van der Waals surface area contributed by atoms with Crippen LogP contribution in [0.3, 0.4) is 0 Å². The van der Waals surface area contributed by atoms with Crippen LogP contribution in [0.4, 0.5) is 10.1 Å². The van der Waals surface area contributed by atoms with Crippen LogP contribution in [0, 0.1) is 5.82 Å². The average Bonchev–Trinajstić information content (AvgIpc) is 2.89. The van der Waals surface area contributed by atoms with Crippen LogP contribution in [0.5, 0.6) is 5.75 Å². The molecule has 0 radical (unpaired) electrons. The molecule has 1 atom stereocenters. The zero-order valence-corrected chi connectivity index (χ0v) is 10.7. The molecule has 0 saturated carbocycles. The lowest BCUT2D eigenvalue weighted by atomic mass is 10.2. The van der Waals surface area contributed by atoms with Crippen LogP contribution in [-0.2, 0) is 0 Å². The lowest BCUT2D eigenvalue weighted by molar-refractivity contribution is 0.195. The molecule has 1 aromatic heterocycles.